The molecule has 0 saturated heterocycles. The second-order valence-corrected chi connectivity index (χ2v) is 4.60. The van der Waals surface area contributed by atoms with Crippen molar-refractivity contribution in [2.45, 2.75) is 44.6 Å². The molecule has 1 N–H and O–H groups in total. The molecule has 1 aliphatic rings. The summed E-state index contributed by atoms with van der Waals surface area (Å²) in [4.78, 5) is 0. The first kappa shape index (κ1) is 11.5. The van der Waals surface area contributed by atoms with Gasteiger partial charge in [-0.1, -0.05) is 18.6 Å². The van der Waals surface area contributed by atoms with E-state index >= 15 is 0 Å². The fourth-order valence-corrected chi connectivity index (χ4v) is 2.16. The van der Waals surface area contributed by atoms with Crippen molar-refractivity contribution in [1.82, 2.24) is 0 Å². The molecule has 0 spiro atoms. The van der Waals surface area contributed by atoms with Crippen LogP contribution in [0.2, 0.25) is 0 Å². The lowest BCUT2D eigenvalue weighted by Gasteiger charge is -2.29. The van der Waals surface area contributed by atoms with E-state index in [0.717, 1.165) is 31.7 Å². The first-order valence-electron chi connectivity index (χ1n) is 5.64. The van der Waals surface area contributed by atoms with Crippen molar-refractivity contribution in [2.24, 2.45) is 0 Å². The average molecular weight is 226 g/mol. The molecule has 0 unspecified atom stereocenters. The van der Waals surface area contributed by atoms with Crippen molar-refractivity contribution < 1.29 is 13.9 Å². The highest BCUT2D eigenvalue weighted by atomic mass is 19.3. The predicted octanol–water partition coefficient (Wildman–Crippen LogP) is 3.56. The van der Waals surface area contributed by atoms with Crippen molar-refractivity contribution >= 4 is 0 Å². The summed E-state index contributed by atoms with van der Waals surface area (Å²) >= 11 is 0. The number of hydrogen-bond acceptors (Lipinski definition) is 1. The second-order valence-electron chi connectivity index (χ2n) is 4.60. The molecule has 0 aliphatic heterocycles. The SMILES string of the molecule is CC(F)(F)c1cc(CO)ccc1C1CCC1. The molecule has 0 atom stereocenters. The first-order valence-corrected chi connectivity index (χ1v) is 5.64. The minimum Gasteiger partial charge on any atom is -0.392 e. The van der Waals surface area contributed by atoms with Gasteiger partial charge in [0.05, 0.1) is 6.61 Å². The summed E-state index contributed by atoms with van der Waals surface area (Å²) < 4.78 is 26.9. The molecule has 1 aromatic rings. The van der Waals surface area contributed by atoms with E-state index in [1.165, 1.54) is 6.07 Å². The zero-order valence-corrected chi connectivity index (χ0v) is 9.34. The van der Waals surface area contributed by atoms with Crippen LogP contribution in [0.15, 0.2) is 18.2 Å². The van der Waals surface area contributed by atoms with Crippen LogP contribution in [0.5, 0.6) is 0 Å². The number of halogens is 2. The third kappa shape index (κ3) is 2.09. The average Bonchev–Trinajstić information content (AvgIpc) is 2.14. The molecule has 88 valence electrons. The number of benzene rings is 1. The molecule has 1 aliphatic carbocycles. The topological polar surface area (TPSA) is 20.2 Å². The van der Waals surface area contributed by atoms with Gasteiger partial charge >= 0.3 is 0 Å². The Morgan fingerprint density at radius 1 is 1.38 bits per heavy atom. The highest BCUT2D eigenvalue weighted by Crippen LogP contribution is 2.42. The minimum atomic E-state index is -2.82. The van der Waals surface area contributed by atoms with Gasteiger partial charge in [-0.05, 0) is 36.0 Å². The van der Waals surface area contributed by atoms with Crippen LogP contribution in [0.4, 0.5) is 8.78 Å². The van der Waals surface area contributed by atoms with Crippen molar-refractivity contribution in [2.75, 3.05) is 0 Å². The van der Waals surface area contributed by atoms with Gasteiger partial charge in [-0.15, -0.1) is 0 Å². The van der Waals surface area contributed by atoms with E-state index in [0.29, 0.717) is 5.56 Å². The standard InChI is InChI=1S/C13H16F2O/c1-13(14,15)12-7-9(8-16)5-6-11(12)10-3-2-4-10/h5-7,10,16H,2-4,8H2,1H3. The van der Waals surface area contributed by atoms with E-state index in [2.05, 4.69) is 0 Å². The van der Waals surface area contributed by atoms with Gasteiger partial charge in [0.1, 0.15) is 0 Å². The Kier molecular flexibility index (Phi) is 2.98. The Labute approximate surface area is 94.1 Å². The summed E-state index contributed by atoms with van der Waals surface area (Å²) in [5, 5.41) is 8.98. The van der Waals surface area contributed by atoms with Crippen LogP contribution in [-0.4, -0.2) is 5.11 Å². The van der Waals surface area contributed by atoms with Gasteiger partial charge in [0, 0.05) is 12.5 Å². The third-order valence-corrected chi connectivity index (χ3v) is 3.32. The molecule has 1 fully saturated rings. The number of aliphatic hydroxyl groups is 1. The van der Waals surface area contributed by atoms with E-state index in [1.54, 1.807) is 12.1 Å². The molecule has 1 saturated carbocycles. The molecule has 0 aromatic heterocycles. The summed E-state index contributed by atoms with van der Waals surface area (Å²) in [7, 11) is 0. The molecule has 0 bridgehead atoms. The van der Waals surface area contributed by atoms with Crippen LogP contribution < -0.4 is 0 Å². The minimum absolute atomic E-state index is 0.0868. The summed E-state index contributed by atoms with van der Waals surface area (Å²) in [6, 6.07) is 4.93. The van der Waals surface area contributed by atoms with Gasteiger partial charge in [0.15, 0.2) is 0 Å². The van der Waals surface area contributed by atoms with Gasteiger partial charge in [-0.3, -0.25) is 0 Å². The predicted molar refractivity (Wildman–Crippen MR) is 58.5 cm³/mol. The Bertz CT molecular complexity index is 378. The van der Waals surface area contributed by atoms with Crippen molar-refractivity contribution in [1.29, 1.82) is 0 Å². The lowest BCUT2D eigenvalue weighted by molar-refractivity contribution is 0.0156. The van der Waals surface area contributed by atoms with E-state index < -0.39 is 5.92 Å². The van der Waals surface area contributed by atoms with Crippen LogP contribution in [-0.2, 0) is 12.5 Å². The molecule has 16 heavy (non-hydrogen) atoms. The van der Waals surface area contributed by atoms with Gasteiger partial charge in [-0.2, -0.15) is 0 Å². The van der Waals surface area contributed by atoms with E-state index in [1.807, 2.05) is 0 Å². The van der Waals surface area contributed by atoms with Crippen LogP contribution in [0, 0.1) is 0 Å². The summed E-state index contributed by atoms with van der Waals surface area (Å²) in [6.45, 7) is 0.736. The molecule has 0 heterocycles. The molecule has 0 radical (unpaired) electrons. The highest BCUT2D eigenvalue weighted by molar-refractivity contribution is 5.38. The molecular weight excluding hydrogens is 210 g/mol. The zero-order valence-electron chi connectivity index (χ0n) is 9.34. The maximum atomic E-state index is 13.5. The highest BCUT2D eigenvalue weighted by Gasteiger charge is 2.32. The fraction of sp³-hybridized carbons (Fsp3) is 0.538. The van der Waals surface area contributed by atoms with E-state index in [9.17, 15) is 8.78 Å². The smallest absolute Gasteiger partial charge is 0.270 e. The van der Waals surface area contributed by atoms with Crippen LogP contribution >= 0.6 is 0 Å². The Hall–Kier alpha value is -0.960. The summed E-state index contributed by atoms with van der Waals surface area (Å²) in [5.41, 5.74) is 1.40. The monoisotopic (exact) mass is 226 g/mol. The summed E-state index contributed by atoms with van der Waals surface area (Å²) in [6.07, 6.45) is 3.13. The number of rotatable bonds is 3. The largest absolute Gasteiger partial charge is 0.392 e. The molecule has 3 heteroatoms. The molecule has 1 aromatic carbocycles. The lowest BCUT2D eigenvalue weighted by atomic mass is 9.77. The van der Waals surface area contributed by atoms with Gasteiger partial charge in [-0.25, -0.2) is 8.78 Å². The van der Waals surface area contributed by atoms with Crippen molar-refractivity contribution in [3.05, 3.63) is 34.9 Å². The number of alkyl halides is 2. The molecular formula is C13H16F2O. The number of hydrogen-bond donors (Lipinski definition) is 1. The van der Waals surface area contributed by atoms with Crippen molar-refractivity contribution in [3.63, 3.8) is 0 Å². The van der Waals surface area contributed by atoms with Gasteiger partial charge in [0.2, 0.25) is 0 Å². The molecule has 1 nitrogen and oxygen atoms in total. The van der Waals surface area contributed by atoms with E-state index in [4.69, 9.17) is 5.11 Å². The third-order valence-electron chi connectivity index (χ3n) is 3.32. The van der Waals surface area contributed by atoms with Crippen molar-refractivity contribution in [3.8, 4) is 0 Å². The Balaban J connectivity index is 2.42. The number of aliphatic hydroxyl groups excluding tert-OH is 1. The Morgan fingerprint density at radius 3 is 2.50 bits per heavy atom. The zero-order chi connectivity index (χ0) is 11.8. The van der Waals surface area contributed by atoms with Crippen LogP contribution in [0.3, 0.4) is 0 Å². The van der Waals surface area contributed by atoms with Gasteiger partial charge in [0.25, 0.3) is 5.92 Å². The first-order chi connectivity index (χ1) is 7.52. The fourth-order valence-electron chi connectivity index (χ4n) is 2.16. The van der Waals surface area contributed by atoms with E-state index in [-0.39, 0.29) is 18.1 Å². The quantitative estimate of drug-likeness (QED) is 0.835. The Morgan fingerprint density at radius 2 is 2.06 bits per heavy atom. The van der Waals surface area contributed by atoms with Gasteiger partial charge < -0.3 is 5.11 Å². The second kappa shape index (κ2) is 4.13. The van der Waals surface area contributed by atoms with Crippen LogP contribution in [0.1, 0.15) is 48.8 Å². The maximum absolute atomic E-state index is 13.5. The maximum Gasteiger partial charge on any atom is 0.270 e. The molecule has 0 amide bonds. The lowest BCUT2D eigenvalue weighted by Crippen LogP contribution is -2.17. The molecule has 2 rings (SSSR count). The normalized spacial score (nSPS) is 17.2. The van der Waals surface area contributed by atoms with Crippen LogP contribution in [0.25, 0.3) is 0 Å². The summed E-state index contributed by atoms with van der Waals surface area (Å²) in [5.74, 6) is -2.54.